The van der Waals surface area contributed by atoms with Crippen molar-refractivity contribution in [2.75, 3.05) is 0 Å². The third-order valence-corrected chi connectivity index (χ3v) is 3.37. The largest absolute Gasteiger partial charge is 0.478 e. The molecule has 1 N–H and O–H groups in total. The number of aryl methyl sites for hydroxylation is 1. The molecule has 2 rings (SSSR count). The van der Waals surface area contributed by atoms with Crippen LogP contribution in [0.2, 0.25) is 0 Å². The molecular weight excluding hydrogens is 208 g/mol. The van der Waals surface area contributed by atoms with E-state index >= 15 is 0 Å². The van der Waals surface area contributed by atoms with Gasteiger partial charge in [-0.15, -0.1) is 11.3 Å². The fraction of sp³-hybridized carbons (Fsp3) is 0.0833. The Hall–Kier alpha value is -1.61. The topological polar surface area (TPSA) is 37.3 Å². The molecule has 0 amide bonds. The molecule has 1 aromatic carbocycles. The molecule has 0 fully saturated rings. The minimum Gasteiger partial charge on any atom is -0.478 e. The highest BCUT2D eigenvalue weighted by molar-refractivity contribution is 7.14. The van der Waals surface area contributed by atoms with Gasteiger partial charge in [-0.05, 0) is 23.4 Å². The van der Waals surface area contributed by atoms with Crippen molar-refractivity contribution in [1.82, 2.24) is 0 Å². The number of hydrogen-bond donors (Lipinski definition) is 1. The molecule has 0 aliphatic rings. The van der Waals surface area contributed by atoms with Crippen LogP contribution in [0.25, 0.3) is 10.4 Å². The summed E-state index contributed by atoms with van der Waals surface area (Å²) in [5, 5.41) is 11.0. The third kappa shape index (κ3) is 1.78. The first-order chi connectivity index (χ1) is 7.20. The van der Waals surface area contributed by atoms with E-state index in [1.807, 2.05) is 42.6 Å². The maximum atomic E-state index is 11.1. The van der Waals surface area contributed by atoms with Crippen LogP contribution < -0.4 is 0 Å². The fourth-order valence-electron chi connectivity index (χ4n) is 1.51. The molecule has 0 aliphatic carbocycles. The minimum atomic E-state index is -0.854. The molecule has 76 valence electrons. The highest BCUT2D eigenvalue weighted by Crippen LogP contribution is 2.32. The lowest BCUT2D eigenvalue weighted by molar-refractivity contribution is 0.0697. The number of benzene rings is 1. The molecule has 2 aromatic rings. The van der Waals surface area contributed by atoms with Gasteiger partial charge >= 0.3 is 5.97 Å². The fourth-order valence-corrected chi connectivity index (χ4v) is 2.56. The first kappa shape index (κ1) is 9.93. The monoisotopic (exact) mass is 218 g/mol. The van der Waals surface area contributed by atoms with Crippen molar-refractivity contribution >= 4 is 17.3 Å². The van der Waals surface area contributed by atoms with Crippen molar-refractivity contribution in [3.63, 3.8) is 0 Å². The summed E-state index contributed by atoms with van der Waals surface area (Å²) in [7, 11) is 0. The standard InChI is InChI=1S/C12H10O2S/c1-8-7-15-11(10(8)12(13)14)9-5-3-2-4-6-9/h2-7H,1H3,(H,13,14). The lowest BCUT2D eigenvalue weighted by Crippen LogP contribution is -1.98. The van der Waals surface area contributed by atoms with Crippen LogP contribution in [0.4, 0.5) is 0 Å². The summed E-state index contributed by atoms with van der Waals surface area (Å²) in [5.41, 5.74) is 2.21. The van der Waals surface area contributed by atoms with Gasteiger partial charge < -0.3 is 5.11 Å². The highest BCUT2D eigenvalue weighted by Gasteiger charge is 2.16. The van der Waals surface area contributed by atoms with Crippen molar-refractivity contribution < 1.29 is 9.90 Å². The normalized spacial score (nSPS) is 10.2. The molecule has 15 heavy (non-hydrogen) atoms. The van der Waals surface area contributed by atoms with E-state index in [-0.39, 0.29) is 0 Å². The maximum Gasteiger partial charge on any atom is 0.337 e. The van der Waals surface area contributed by atoms with Crippen molar-refractivity contribution in [2.45, 2.75) is 6.92 Å². The Morgan fingerprint density at radius 1 is 1.27 bits per heavy atom. The van der Waals surface area contributed by atoms with Crippen LogP contribution >= 0.6 is 11.3 Å². The van der Waals surface area contributed by atoms with Gasteiger partial charge in [-0.2, -0.15) is 0 Å². The van der Waals surface area contributed by atoms with E-state index in [1.165, 1.54) is 11.3 Å². The highest BCUT2D eigenvalue weighted by atomic mass is 32.1. The predicted octanol–water partition coefficient (Wildman–Crippen LogP) is 3.42. The van der Waals surface area contributed by atoms with Crippen molar-refractivity contribution in [3.8, 4) is 10.4 Å². The van der Waals surface area contributed by atoms with E-state index in [0.29, 0.717) is 5.56 Å². The van der Waals surface area contributed by atoms with Gasteiger partial charge in [-0.25, -0.2) is 4.79 Å². The second kappa shape index (κ2) is 3.87. The van der Waals surface area contributed by atoms with Crippen LogP contribution in [0.1, 0.15) is 15.9 Å². The molecule has 0 saturated carbocycles. The molecule has 2 nitrogen and oxygen atoms in total. The van der Waals surface area contributed by atoms with Crippen molar-refractivity contribution in [3.05, 3.63) is 46.8 Å². The smallest absolute Gasteiger partial charge is 0.337 e. The van der Waals surface area contributed by atoms with Gasteiger partial charge in [-0.3, -0.25) is 0 Å². The first-order valence-electron chi connectivity index (χ1n) is 4.57. The summed E-state index contributed by atoms with van der Waals surface area (Å²) in [6.07, 6.45) is 0. The maximum absolute atomic E-state index is 11.1. The Bertz CT molecular complexity index is 486. The van der Waals surface area contributed by atoms with E-state index in [0.717, 1.165) is 16.0 Å². The van der Waals surface area contributed by atoms with E-state index < -0.39 is 5.97 Å². The van der Waals surface area contributed by atoms with E-state index in [2.05, 4.69) is 0 Å². The number of carboxylic acids is 1. The molecule has 0 aliphatic heterocycles. The van der Waals surface area contributed by atoms with Crippen LogP contribution in [0.3, 0.4) is 0 Å². The molecule has 0 bridgehead atoms. The molecule has 0 saturated heterocycles. The third-order valence-electron chi connectivity index (χ3n) is 2.22. The summed E-state index contributed by atoms with van der Waals surface area (Å²) in [5.74, 6) is -0.854. The van der Waals surface area contributed by atoms with Gasteiger partial charge in [0.1, 0.15) is 0 Å². The van der Waals surface area contributed by atoms with Crippen molar-refractivity contribution in [2.24, 2.45) is 0 Å². The van der Waals surface area contributed by atoms with Gasteiger partial charge in [-0.1, -0.05) is 30.3 Å². The number of thiophene rings is 1. The molecule has 1 aromatic heterocycles. The van der Waals surface area contributed by atoms with Crippen LogP contribution in [0.15, 0.2) is 35.7 Å². The molecule has 0 spiro atoms. The zero-order valence-electron chi connectivity index (χ0n) is 8.23. The summed E-state index contributed by atoms with van der Waals surface area (Å²) >= 11 is 1.48. The second-order valence-corrected chi connectivity index (χ2v) is 4.17. The summed E-state index contributed by atoms with van der Waals surface area (Å²) in [4.78, 5) is 11.9. The quantitative estimate of drug-likeness (QED) is 0.838. The summed E-state index contributed by atoms with van der Waals surface area (Å²) in [6, 6.07) is 9.60. The number of rotatable bonds is 2. The molecular formula is C12H10O2S. The number of aromatic carboxylic acids is 1. The Labute approximate surface area is 91.8 Å². The lowest BCUT2D eigenvalue weighted by Gasteiger charge is -2.00. The Balaban J connectivity index is 2.59. The van der Waals surface area contributed by atoms with Gasteiger partial charge in [0.15, 0.2) is 0 Å². The first-order valence-corrected chi connectivity index (χ1v) is 5.45. The van der Waals surface area contributed by atoms with E-state index in [9.17, 15) is 4.79 Å². The van der Waals surface area contributed by atoms with Gasteiger partial charge in [0, 0.05) is 4.88 Å². The number of carbonyl (C=O) groups is 1. The van der Waals surface area contributed by atoms with Crippen molar-refractivity contribution in [1.29, 1.82) is 0 Å². The van der Waals surface area contributed by atoms with Gasteiger partial charge in [0.05, 0.1) is 5.56 Å². The molecule has 1 heterocycles. The SMILES string of the molecule is Cc1csc(-c2ccccc2)c1C(=O)O. The summed E-state index contributed by atoms with van der Waals surface area (Å²) < 4.78 is 0. The second-order valence-electron chi connectivity index (χ2n) is 3.29. The van der Waals surface area contributed by atoms with Crippen LogP contribution in [0, 0.1) is 6.92 Å². The van der Waals surface area contributed by atoms with Crippen LogP contribution in [0.5, 0.6) is 0 Å². The zero-order valence-corrected chi connectivity index (χ0v) is 9.04. The van der Waals surface area contributed by atoms with Gasteiger partial charge in [0.2, 0.25) is 0 Å². The molecule has 0 unspecified atom stereocenters. The minimum absolute atomic E-state index is 0.422. The van der Waals surface area contributed by atoms with Gasteiger partial charge in [0.25, 0.3) is 0 Å². The number of hydrogen-bond acceptors (Lipinski definition) is 2. The number of carboxylic acid groups (broad SMARTS) is 1. The summed E-state index contributed by atoms with van der Waals surface area (Å²) in [6.45, 7) is 1.83. The van der Waals surface area contributed by atoms with Crippen LogP contribution in [-0.4, -0.2) is 11.1 Å². The van der Waals surface area contributed by atoms with Crippen LogP contribution in [-0.2, 0) is 0 Å². The zero-order chi connectivity index (χ0) is 10.8. The molecule has 0 atom stereocenters. The average molecular weight is 218 g/mol. The Kier molecular flexibility index (Phi) is 2.56. The lowest BCUT2D eigenvalue weighted by atomic mass is 10.1. The average Bonchev–Trinajstić information content (AvgIpc) is 2.61. The Morgan fingerprint density at radius 3 is 2.53 bits per heavy atom. The molecule has 3 heteroatoms. The Morgan fingerprint density at radius 2 is 1.93 bits per heavy atom. The van der Waals surface area contributed by atoms with E-state index in [1.54, 1.807) is 0 Å². The predicted molar refractivity (Wildman–Crippen MR) is 61.5 cm³/mol. The van der Waals surface area contributed by atoms with E-state index in [4.69, 9.17) is 5.11 Å². The molecule has 0 radical (unpaired) electrons.